The van der Waals surface area contributed by atoms with Crippen molar-refractivity contribution >= 4 is 17.3 Å². The third-order valence-electron chi connectivity index (χ3n) is 5.81. The molecule has 6 nitrogen and oxygen atoms in total. The van der Waals surface area contributed by atoms with Gasteiger partial charge in [0, 0.05) is 24.5 Å². The molecule has 0 fully saturated rings. The Morgan fingerprint density at radius 3 is 2.40 bits per heavy atom. The van der Waals surface area contributed by atoms with Gasteiger partial charge in [0.15, 0.2) is 11.4 Å². The number of carbonyl (C=O) groups is 1. The van der Waals surface area contributed by atoms with E-state index in [9.17, 15) is 9.18 Å². The molecule has 0 saturated heterocycles. The Hall–Kier alpha value is -4.13. The van der Waals surface area contributed by atoms with Gasteiger partial charge < -0.3 is 15.0 Å². The lowest BCUT2D eigenvalue weighted by molar-refractivity contribution is 0.101. The Balaban J connectivity index is 1.61. The molecule has 0 bridgehead atoms. The molecule has 3 aromatic carbocycles. The van der Waals surface area contributed by atoms with Crippen LogP contribution >= 0.6 is 0 Å². The summed E-state index contributed by atoms with van der Waals surface area (Å²) in [5.74, 6) is -0.385. The molecule has 0 unspecified atom stereocenters. The standard InChI is InChI=1S/C28H29FN4O2/c1-4-32(5-2)24-15-16-25(20(3)17-24)30-28(34)27-26(35-19-21-9-7-6-8-10-21)18-33(31-27)23-13-11-22(29)12-14-23/h6-18H,4-5,19H2,1-3H3,(H,30,34). The maximum absolute atomic E-state index is 13.4. The van der Waals surface area contributed by atoms with E-state index >= 15 is 0 Å². The van der Waals surface area contributed by atoms with Gasteiger partial charge in [0.25, 0.3) is 5.91 Å². The van der Waals surface area contributed by atoms with Gasteiger partial charge in [0.2, 0.25) is 0 Å². The Morgan fingerprint density at radius 2 is 1.74 bits per heavy atom. The van der Waals surface area contributed by atoms with Crippen molar-refractivity contribution < 1.29 is 13.9 Å². The van der Waals surface area contributed by atoms with Crippen molar-refractivity contribution in [2.75, 3.05) is 23.3 Å². The minimum Gasteiger partial charge on any atom is -0.485 e. The third kappa shape index (κ3) is 5.69. The first-order chi connectivity index (χ1) is 17.0. The predicted molar refractivity (Wildman–Crippen MR) is 137 cm³/mol. The number of aryl methyl sites for hydroxylation is 1. The van der Waals surface area contributed by atoms with Gasteiger partial charge in [0.1, 0.15) is 12.4 Å². The monoisotopic (exact) mass is 472 g/mol. The summed E-state index contributed by atoms with van der Waals surface area (Å²) in [6, 6.07) is 21.6. The number of aromatic nitrogens is 2. The summed E-state index contributed by atoms with van der Waals surface area (Å²) in [6.45, 7) is 8.29. The molecule has 0 aliphatic heterocycles. The van der Waals surface area contributed by atoms with Crippen molar-refractivity contribution in [3.05, 3.63) is 102 Å². The second-order valence-electron chi connectivity index (χ2n) is 8.16. The maximum atomic E-state index is 13.4. The Kier molecular flexibility index (Phi) is 7.45. The van der Waals surface area contributed by atoms with Crippen LogP contribution in [0.4, 0.5) is 15.8 Å². The molecule has 0 saturated carbocycles. The number of ether oxygens (including phenoxy) is 1. The first-order valence-corrected chi connectivity index (χ1v) is 11.7. The summed E-state index contributed by atoms with van der Waals surface area (Å²) in [5, 5.41) is 7.44. The molecule has 180 valence electrons. The highest BCUT2D eigenvalue weighted by Crippen LogP contribution is 2.26. The number of hydrogen-bond acceptors (Lipinski definition) is 4. The second kappa shape index (κ2) is 10.9. The summed E-state index contributed by atoms with van der Waals surface area (Å²) in [6.07, 6.45) is 1.64. The van der Waals surface area contributed by atoms with E-state index in [2.05, 4.69) is 35.2 Å². The highest BCUT2D eigenvalue weighted by molar-refractivity contribution is 6.05. The zero-order valence-corrected chi connectivity index (χ0v) is 20.2. The molecule has 4 aromatic rings. The maximum Gasteiger partial charge on any atom is 0.280 e. The largest absolute Gasteiger partial charge is 0.485 e. The molecule has 0 aliphatic rings. The van der Waals surface area contributed by atoms with Gasteiger partial charge >= 0.3 is 0 Å². The van der Waals surface area contributed by atoms with Crippen molar-refractivity contribution in [1.82, 2.24) is 9.78 Å². The summed E-state index contributed by atoms with van der Waals surface area (Å²) in [7, 11) is 0. The summed E-state index contributed by atoms with van der Waals surface area (Å²) in [5.41, 5.74) is 4.50. The third-order valence-corrected chi connectivity index (χ3v) is 5.81. The highest BCUT2D eigenvalue weighted by Gasteiger charge is 2.20. The molecular weight excluding hydrogens is 443 g/mol. The molecule has 0 atom stereocenters. The van der Waals surface area contributed by atoms with Gasteiger partial charge in [-0.2, -0.15) is 5.10 Å². The Labute approximate surface area is 205 Å². The van der Waals surface area contributed by atoms with Crippen LogP contribution in [0.15, 0.2) is 79.0 Å². The second-order valence-corrected chi connectivity index (χ2v) is 8.16. The van der Waals surface area contributed by atoms with E-state index in [-0.39, 0.29) is 24.0 Å². The first-order valence-electron chi connectivity index (χ1n) is 11.7. The molecular formula is C28H29FN4O2. The van der Waals surface area contributed by atoms with E-state index in [0.717, 1.165) is 29.9 Å². The van der Waals surface area contributed by atoms with Gasteiger partial charge in [-0.1, -0.05) is 30.3 Å². The van der Waals surface area contributed by atoms with Gasteiger partial charge in [-0.25, -0.2) is 9.07 Å². The van der Waals surface area contributed by atoms with E-state index in [1.165, 1.54) is 16.8 Å². The average molecular weight is 473 g/mol. The number of anilines is 2. The van der Waals surface area contributed by atoms with E-state index in [1.54, 1.807) is 18.3 Å². The molecule has 1 heterocycles. The van der Waals surface area contributed by atoms with Crippen LogP contribution in [0.5, 0.6) is 5.75 Å². The highest BCUT2D eigenvalue weighted by atomic mass is 19.1. The number of benzene rings is 3. The predicted octanol–water partition coefficient (Wildman–Crippen LogP) is 6.00. The SMILES string of the molecule is CCN(CC)c1ccc(NC(=O)c2nn(-c3ccc(F)cc3)cc2OCc2ccccc2)c(C)c1. The van der Waals surface area contributed by atoms with Crippen molar-refractivity contribution in [1.29, 1.82) is 0 Å². The number of carbonyl (C=O) groups excluding carboxylic acids is 1. The van der Waals surface area contributed by atoms with Crippen molar-refractivity contribution in [3.63, 3.8) is 0 Å². The fraction of sp³-hybridized carbons (Fsp3) is 0.214. The van der Waals surface area contributed by atoms with Gasteiger partial charge in [-0.05, 0) is 74.4 Å². The fourth-order valence-corrected chi connectivity index (χ4v) is 3.84. The van der Waals surface area contributed by atoms with Crippen LogP contribution in [-0.2, 0) is 6.61 Å². The normalized spacial score (nSPS) is 10.7. The number of amides is 1. The van der Waals surface area contributed by atoms with E-state index in [4.69, 9.17) is 4.74 Å². The molecule has 4 rings (SSSR count). The van der Waals surface area contributed by atoms with Crippen LogP contribution in [0.1, 0.15) is 35.5 Å². The summed E-state index contributed by atoms with van der Waals surface area (Å²) < 4.78 is 20.9. The molecule has 1 amide bonds. The zero-order valence-electron chi connectivity index (χ0n) is 20.2. The molecule has 0 radical (unpaired) electrons. The van der Waals surface area contributed by atoms with E-state index < -0.39 is 0 Å². The Bertz CT molecular complexity index is 1280. The zero-order chi connectivity index (χ0) is 24.8. The van der Waals surface area contributed by atoms with Crippen LogP contribution < -0.4 is 15.0 Å². The lowest BCUT2D eigenvalue weighted by Crippen LogP contribution is -2.22. The fourth-order valence-electron chi connectivity index (χ4n) is 3.84. The molecule has 0 aliphatic carbocycles. The van der Waals surface area contributed by atoms with E-state index in [1.807, 2.05) is 49.4 Å². The van der Waals surface area contributed by atoms with Crippen LogP contribution in [0.2, 0.25) is 0 Å². The minimum absolute atomic E-state index is 0.150. The summed E-state index contributed by atoms with van der Waals surface area (Å²) in [4.78, 5) is 15.5. The average Bonchev–Trinajstić information content (AvgIpc) is 3.30. The van der Waals surface area contributed by atoms with Crippen LogP contribution in [-0.4, -0.2) is 28.8 Å². The lowest BCUT2D eigenvalue weighted by atomic mass is 10.1. The van der Waals surface area contributed by atoms with Gasteiger partial charge in [-0.15, -0.1) is 0 Å². The van der Waals surface area contributed by atoms with Crippen molar-refractivity contribution in [2.45, 2.75) is 27.4 Å². The Morgan fingerprint density at radius 1 is 1.03 bits per heavy atom. The molecule has 35 heavy (non-hydrogen) atoms. The summed E-state index contributed by atoms with van der Waals surface area (Å²) >= 11 is 0. The number of rotatable bonds is 9. The smallest absolute Gasteiger partial charge is 0.280 e. The number of nitrogens with zero attached hydrogens (tertiary/aromatic N) is 3. The van der Waals surface area contributed by atoms with Crippen LogP contribution in [0, 0.1) is 12.7 Å². The van der Waals surface area contributed by atoms with Crippen molar-refractivity contribution in [3.8, 4) is 11.4 Å². The van der Waals surface area contributed by atoms with E-state index in [0.29, 0.717) is 17.1 Å². The first kappa shape index (κ1) is 24.0. The molecule has 1 N–H and O–H groups in total. The molecule has 7 heteroatoms. The van der Waals surface area contributed by atoms with Crippen molar-refractivity contribution in [2.24, 2.45) is 0 Å². The lowest BCUT2D eigenvalue weighted by Gasteiger charge is -2.22. The van der Waals surface area contributed by atoms with Gasteiger partial charge in [-0.3, -0.25) is 4.79 Å². The van der Waals surface area contributed by atoms with Crippen LogP contribution in [0.3, 0.4) is 0 Å². The van der Waals surface area contributed by atoms with Gasteiger partial charge in [0.05, 0.1) is 11.9 Å². The topological polar surface area (TPSA) is 59.4 Å². The molecule has 1 aromatic heterocycles. The number of nitrogens with one attached hydrogen (secondary N) is 1. The minimum atomic E-state index is -0.382. The number of hydrogen-bond donors (Lipinski definition) is 1. The number of halogens is 1. The molecule has 0 spiro atoms. The van der Waals surface area contributed by atoms with Crippen LogP contribution in [0.25, 0.3) is 5.69 Å². The quantitative estimate of drug-likeness (QED) is 0.325.